The van der Waals surface area contributed by atoms with E-state index in [2.05, 4.69) is 91.0 Å². The summed E-state index contributed by atoms with van der Waals surface area (Å²) in [7, 11) is 0. The van der Waals surface area contributed by atoms with Crippen LogP contribution in [0.3, 0.4) is 0 Å². The average Bonchev–Trinajstić information content (AvgIpc) is 3.50. The molecule has 0 saturated heterocycles. The van der Waals surface area contributed by atoms with E-state index in [1.807, 2.05) is 60.7 Å². The van der Waals surface area contributed by atoms with Gasteiger partial charge in [0.2, 0.25) is 0 Å². The van der Waals surface area contributed by atoms with Gasteiger partial charge in [-0.2, -0.15) is 0 Å². The number of rotatable bonds is 4. The largest absolute Gasteiger partial charge is 0.456 e. The second-order valence-corrected chi connectivity index (χ2v) is 11.2. The normalized spacial score (nSPS) is 11.6. The lowest BCUT2D eigenvalue weighted by molar-refractivity contribution is 0.669. The van der Waals surface area contributed by atoms with E-state index in [-0.39, 0.29) is 0 Å². The molecular weight excluding hydrogens is 550 g/mol. The number of furan rings is 1. The molecule has 0 fully saturated rings. The molecule has 0 spiro atoms. The standard InChI is InChI=1S/C41H25N3O/c1-2-13-28(14-3-1)39-42-40(34-18-10-20-36-37(34)33-17-8-9-19-35(33)45-36)44-41(43-39)38-31-16-7-6-12-27(31)23-24-32(38)30-22-21-26-11-4-5-15-29(26)25-30/h1-25H. The Bertz CT molecular complexity index is 2550. The van der Waals surface area contributed by atoms with Crippen molar-refractivity contribution in [3.8, 4) is 45.3 Å². The van der Waals surface area contributed by atoms with E-state index in [0.717, 1.165) is 60.5 Å². The van der Waals surface area contributed by atoms with Crippen LogP contribution in [0.15, 0.2) is 156 Å². The van der Waals surface area contributed by atoms with E-state index in [4.69, 9.17) is 19.4 Å². The number of benzene rings is 7. The van der Waals surface area contributed by atoms with E-state index in [9.17, 15) is 0 Å². The summed E-state index contributed by atoms with van der Waals surface area (Å²) < 4.78 is 6.24. The first-order valence-corrected chi connectivity index (χ1v) is 15.0. The van der Waals surface area contributed by atoms with Crippen LogP contribution in [0.25, 0.3) is 88.8 Å². The lowest BCUT2D eigenvalue weighted by Crippen LogP contribution is -2.02. The van der Waals surface area contributed by atoms with Crippen molar-refractivity contribution < 1.29 is 4.42 Å². The van der Waals surface area contributed by atoms with Crippen LogP contribution in [0, 0.1) is 0 Å². The number of fused-ring (bicyclic) bond motifs is 5. The van der Waals surface area contributed by atoms with Gasteiger partial charge in [-0.3, -0.25) is 0 Å². The highest BCUT2D eigenvalue weighted by Gasteiger charge is 2.21. The Morgan fingerprint density at radius 2 is 1.04 bits per heavy atom. The van der Waals surface area contributed by atoms with Crippen LogP contribution in [-0.4, -0.2) is 15.0 Å². The van der Waals surface area contributed by atoms with Crippen molar-refractivity contribution in [2.75, 3.05) is 0 Å². The zero-order valence-corrected chi connectivity index (χ0v) is 24.2. The third-order valence-electron chi connectivity index (χ3n) is 8.52. The van der Waals surface area contributed by atoms with Crippen molar-refractivity contribution in [2.24, 2.45) is 0 Å². The van der Waals surface area contributed by atoms with E-state index < -0.39 is 0 Å². The molecule has 7 aromatic carbocycles. The van der Waals surface area contributed by atoms with Crippen LogP contribution in [-0.2, 0) is 0 Å². The molecule has 0 saturated carbocycles. The summed E-state index contributed by atoms with van der Waals surface area (Å²) in [5.74, 6) is 1.86. The van der Waals surface area contributed by atoms with Crippen molar-refractivity contribution in [2.45, 2.75) is 0 Å². The first kappa shape index (κ1) is 25.4. The van der Waals surface area contributed by atoms with E-state index >= 15 is 0 Å². The Labute approximate surface area is 259 Å². The predicted molar refractivity (Wildman–Crippen MR) is 184 cm³/mol. The van der Waals surface area contributed by atoms with Gasteiger partial charge in [-0.15, -0.1) is 0 Å². The zero-order chi connectivity index (χ0) is 29.7. The SMILES string of the molecule is c1ccc(-c2nc(-c3c(-c4ccc5ccccc5c4)ccc4ccccc34)nc(-c3cccc4oc5ccccc5c34)n2)cc1. The van der Waals surface area contributed by atoms with Gasteiger partial charge in [0, 0.05) is 27.5 Å². The topological polar surface area (TPSA) is 51.8 Å². The van der Waals surface area contributed by atoms with Gasteiger partial charge in [0.1, 0.15) is 11.2 Å². The fourth-order valence-corrected chi connectivity index (χ4v) is 6.40. The molecule has 9 aromatic rings. The summed E-state index contributed by atoms with van der Waals surface area (Å²) in [6.07, 6.45) is 0. The number of aromatic nitrogens is 3. The van der Waals surface area contributed by atoms with Gasteiger partial charge in [0.15, 0.2) is 17.5 Å². The lowest BCUT2D eigenvalue weighted by atomic mass is 9.92. The van der Waals surface area contributed by atoms with Gasteiger partial charge in [-0.25, -0.2) is 15.0 Å². The van der Waals surface area contributed by atoms with E-state index in [1.54, 1.807) is 0 Å². The minimum atomic E-state index is 0.605. The highest BCUT2D eigenvalue weighted by molar-refractivity contribution is 6.12. The Balaban J connectivity index is 1.37. The third kappa shape index (κ3) is 4.27. The molecular formula is C41H25N3O. The second-order valence-electron chi connectivity index (χ2n) is 11.2. The molecule has 0 bridgehead atoms. The smallest absolute Gasteiger partial charge is 0.165 e. The fourth-order valence-electron chi connectivity index (χ4n) is 6.40. The zero-order valence-electron chi connectivity index (χ0n) is 24.2. The average molecular weight is 576 g/mol. The molecule has 0 aliphatic heterocycles. The monoisotopic (exact) mass is 575 g/mol. The maximum Gasteiger partial charge on any atom is 0.165 e. The summed E-state index contributed by atoms with van der Waals surface area (Å²) in [5, 5.41) is 6.64. The molecule has 210 valence electrons. The van der Waals surface area contributed by atoms with Crippen LogP contribution in [0.4, 0.5) is 0 Å². The molecule has 0 radical (unpaired) electrons. The van der Waals surface area contributed by atoms with Gasteiger partial charge in [-0.1, -0.05) is 133 Å². The maximum absolute atomic E-state index is 6.24. The van der Waals surface area contributed by atoms with Gasteiger partial charge in [-0.05, 0) is 50.9 Å². The van der Waals surface area contributed by atoms with Gasteiger partial charge >= 0.3 is 0 Å². The first-order chi connectivity index (χ1) is 22.3. The van der Waals surface area contributed by atoms with Crippen molar-refractivity contribution >= 4 is 43.5 Å². The number of hydrogen-bond acceptors (Lipinski definition) is 4. The summed E-state index contributed by atoms with van der Waals surface area (Å²) in [6.45, 7) is 0. The number of para-hydroxylation sites is 1. The molecule has 4 heteroatoms. The highest BCUT2D eigenvalue weighted by Crippen LogP contribution is 2.40. The van der Waals surface area contributed by atoms with Crippen LogP contribution in [0.1, 0.15) is 0 Å². The molecule has 2 aromatic heterocycles. The van der Waals surface area contributed by atoms with Crippen molar-refractivity contribution in [3.63, 3.8) is 0 Å². The van der Waals surface area contributed by atoms with Gasteiger partial charge < -0.3 is 4.42 Å². The van der Waals surface area contributed by atoms with Crippen LogP contribution in [0.2, 0.25) is 0 Å². The van der Waals surface area contributed by atoms with Crippen LogP contribution < -0.4 is 0 Å². The molecule has 9 rings (SSSR count). The summed E-state index contributed by atoms with van der Waals surface area (Å²) in [6, 6.07) is 52.2. The molecule has 4 nitrogen and oxygen atoms in total. The Morgan fingerprint density at radius 3 is 1.93 bits per heavy atom. The van der Waals surface area contributed by atoms with Crippen molar-refractivity contribution in [1.82, 2.24) is 15.0 Å². The van der Waals surface area contributed by atoms with Gasteiger partial charge in [0.05, 0.1) is 0 Å². The minimum absolute atomic E-state index is 0.605. The summed E-state index contributed by atoms with van der Waals surface area (Å²) in [5.41, 5.74) is 6.64. The number of nitrogens with zero attached hydrogens (tertiary/aromatic N) is 3. The maximum atomic E-state index is 6.24. The summed E-state index contributed by atoms with van der Waals surface area (Å²) in [4.78, 5) is 15.5. The molecule has 0 N–H and O–H groups in total. The molecule has 0 amide bonds. The molecule has 0 aliphatic carbocycles. The highest BCUT2D eigenvalue weighted by atomic mass is 16.3. The second kappa shape index (κ2) is 10.2. The van der Waals surface area contributed by atoms with Gasteiger partial charge in [0.25, 0.3) is 0 Å². The van der Waals surface area contributed by atoms with E-state index in [1.165, 1.54) is 10.8 Å². The Morgan fingerprint density at radius 1 is 0.378 bits per heavy atom. The molecule has 0 atom stereocenters. The predicted octanol–water partition coefficient (Wildman–Crippen LogP) is 10.7. The third-order valence-corrected chi connectivity index (χ3v) is 8.52. The Kier molecular flexibility index (Phi) is 5.78. The first-order valence-electron chi connectivity index (χ1n) is 15.0. The fraction of sp³-hybridized carbons (Fsp3) is 0. The minimum Gasteiger partial charge on any atom is -0.456 e. The summed E-state index contributed by atoms with van der Waals surface area (Å²) >= 11 is 0. The molecule has 0 aliphatic rings. The lowest BCUT2D eigenvalue weighted by Gasteiger charge is -2.15. The van der Waals surface area contributed by atoms with Crippen molar-refractivity contribution in [1.29, 1.82) is 0 Å². The quantitative estimate of drug-likeness (QED) is 0.209. The Hall–Kier alpha value is -6.13. The van der Waals surface area contributed by atoms with Crippen LogP contribution >= 0.6 is 0 Å². The molecule has 0 unspecified atom stereocenters. The molecule has 2 heterocycles. The van der Waals surface area contributed by atoms with E-state index in [0.29, 0.717) is 17.5 Å². The van der Waals surface area contributed by atoms with Crippen LogP contribution in [0.5, 0.6) is 0 Å². The number of hydrogen-bond donors (Lipinski definition) is 0. The molecule has 45 heavy (non-hydrogen) atoms. The van der Waals surface area contributed by atoms with Crippen molar-refractivity contribution in [3.05, 3.63) is 152 Å².